The topological polar surface area (TPSA) is 62.2 Å². The highest BCUT2D eigenvalue weighted by Crippen LogP contribution is 2.14. The summed E-state index contributed by atoms with van der Waals surface area (Å²) in [6, 6.07) is 0. The highest BCUT2D eigenvalue weighted by atomic mass is 16.9. The van der Waals surface area contributed by atoms with Gasteiger partial charge in [-0.25, -0.2) is 9.68 Å². The van der Waals surface area contributed by atoms with Crippen LogP contribution in [-0.4, -0.2) is 41.9 Å². The van der Waals surface area contributed by atoms with Gasteiger partial charge in [0.1, 0.15) is 0 Å². The van der Waals surface area contributed by atoms with Crippen molar-refractivity contribution in [2.24, 2.45) is 0 Å². The first-order chi connectivity index (χ1) is 15.8. The molecule has 5 nitrogen and oxygen atoms in total. The monoisotopic (exact) mass is 457 g/mol. The maximum Gasteiger partial charge on any atom is 0.0797 e. The lowest BCUT2D eigenvalue weighted by Crippen LogP contribution is -2.20. The van der Waals surface area contributed by atoms with E-state index in [1.165, 1.54) is 114 Å². The van der Waals surface area contributed by atoms with Crippen molar-refractivity contribution in [2.45, 2.75) is 135 Å². The number of rotatable bonds is 27. The molecule has 0 aromatic heterocycles. The van der Waals surface area contributed by atoms with Gasteiger partial charge >= 0.3 is 0 Å². The van der Waals surface area contributed by atoms with Crippen molar-refractivity contribution in [3.8, 4) is 0 Å². The molecule has 0 aromatic rings. The molecule has 0 aromatic carbocycles. The second kappa shape index (κ2) is 28.4. The van der Waals surface area contributed by atoms with Gasteiger partial charge < -0.3 is 10.2 Å². The Hall–Kier alpha value is -0.620. The Labute approximate surface area is 199 Å². The van der Waals surface area contributed by atoms with Crippen LogP contribution in [-0.2, 0) is 9.68 Å². The van der Waals surface area contributed by atoms with Crippen LogP contribution in [0.1, 0.15) is 135 Å². The van der Waals surface area contributed by atoms with Gasteiger partial charge in [-0.15, -0.1) is 5.23 Å². The third-order valence-electron chi connectivity index (χ3n) is 5.74. The number of aliphatic hydroxyl groups is 2. The fourth-order valence-electron chi connectivity index (χ4n) is 3.71. The smallest absolute Gasteiger partial charge is 0.0797 e. The van der Waals surface area contributed by atoms with Crippen molar-refractivity contribution in [1.82, 2.24) is 5.23 Å². The van der Waals surface area contributed by atoms with Crippen LogP contribution in [0.5, 0.6) is 0 Å². The van der Waals surface area contributed by atoms with E-state index in [0.717, 1.165) is 6.42 Å². The molecule has 32 heavy (non-hydrogen) atoms. The molecule has 0 aliphatic rings. The molecule has 0 fully saturated rings. The van der Waals surface area contributed by atoms with Gasteiger partial charge in [0.2, 0.25) is 0 Å². The molecule has 0 spiro atoms. The van der Waals surface area contributed by atoms with E-state index in [1.807, 2.05) is 0 Å². The third kappa shape index (κ3) is 25.6. The molecule has 0 aliphatic heterocycles. The fraction of sp³-hybridized carbons (Fsp3) is 0.926. The first-order valence-electron chi connectivity index (χ1n) is 13.8. The molecule has 0 atom stereocenters. The Balaban J connectivity index is 3.40. The summed E-state index contributed by atoms with van der Waals surface area (Å²) >= 11 is 0. The van der Waals surface area contributed by atoms with E-state index in [0.29, 0.717) is 26.1 Å². The van der Waals surface area contributed by atoms with Crippen molar-refractivity contribution in [3.63, 3.8) is 0 Å². The maximum atomic E-state index is 8.85. The first-order valence-corrected chi connectivity index (χ1v) is 13.8. The number of hydroxylamine groups is 2. The second-order valence-electron chi connectivity index (χ2n) is 8.94. The zero-order chi connectivity index (χ0) is 23.4. The highest BCUT2D eigenvalue weighted by Gasteiger charge is 2.00. The van der Waals surface area contributed by atoms with Crippen LogP contribution in [0, 0.1) is 0 Å². The quantitative estimate of drug-likeness (QED) is 0.0989. The van der Waals surface area contributed by atoms with Gasteiger partial charge in [0.15, 0.2) is 0 Å². The first kappa shape index (κ1) is 31.4. The van der Waals surface area contributed by atoms with Gasteiger partial charge in [0.25, 0.3) is 0 Å². The van der Waals surface area contributed by atoms with E-state index in [-0.39, 0.29) is 13.2 Å². The van der Waals surface area contributed by atoms with E-state index in [2.05, 4.69) is 13.0 Å². The van der Waals surface area contributed by atoms with Gasteiger partial charge in [-0.1, -0.05) is 116 Å². The lowest BCUT2D eigenvalue weighted by molar-refractivity contribution is -0.337. The fourth-order valence-corrected chi connectivity index (χ4v) is 3.71. The molecule has 0 amide bonds. The number of aliphatic hydroxyl groups excluding tert-OH is 2. The molecule has 0 bridgehead atoms. The molecular formula is C27H55NO4. The van der Waals surface area contributed by atoms with Crippen LogP contribution in [0.2, 0.25) is 0 Å². The average Bonchev–Trinajstić information content (AvgIpc) is 2.80. The number of hydrogen-bond acceptors (Lipinski definition) is 5. The molecule has 0 unspecified atom stereocenters. The summed E-state index contributed by atoms with van der Waals surface area (Å²) in [5.74, 6) is 0. The van der Waals surface area contributed by atoms with Gasteiger partial charge in [-0.05, 0) is 25.7 Å². The summed E-state index contributed by atoms with van der Waals surface area (Å²) in [6.07, 6.45) is 29.7. The van der Waals surface area contributed by atoms with Crippen LogP contribution < -0.4 is 0 Å². The predicted octanol–water partition coefficient (Wildman–Crippen LogP) is 7.47. The molecule has 0 radical (unpaired) electrons. The van der Waals surface area contributed by atoms with Crippen molar-refractivity contribution < 1.29 is 19.9 Å². The zero-order valence-corrected chi connectivity index (χ0v) is 21.3. The molecule has 5 heteroatoms. The number of nitrogens with zero attached hydrogens (tertiary/aromatic N) is 1. The van der Waals surface area contributed by atoms with Crippen molar-refractivity contribution in [3.05, 3.63) is 12.3 Å². The zero-order valence-electron chi connectivity index (χ0n) is 21.3. The SMILES string of the molecule is CCCCCCCCCCCCCCCCCCCC=CN(OCCCO)OCCCO. The summed E-state index contributed by atoms with van der Waals surface area (Å²) < 4.78 is 0. The number of hydrogen-bond donors (Lipinski definition) is 2. The van der Waals surface area contributed by atoms with Gasteiger partial charge in [-0.3, -0.25) is 0 Å². The van der Waals surface area contributed by atoms with Gasteiger partial charge in [0.05, 0.1) is 19.4 Å². The Morgan fingerprint density at radius 2 is 0.906 bits per heavy atom. The number of allylic oxidation sites excluding steroid dienone is 1. The summed E-state index contributed by atoms with van der Waals surface area (Å²) in [5, 5.41) is 19.1. The second-order valence-corrected chi connectivity index (χ2v) is 8.94. The van der Waals surface area contributed by atoms with E-state index in [1.54, 1.807) is 6.20 Å². The third-order valence-corrected chi connectivity index (χ3v) is 5.74. The maximum absolute atomic E-state index is 8.85. The van der Waals surface area contributed by atoms with Crippen LogP contribution in [0.15, 0.2) is 12.3 Å². The van der Waals surface area contributed by atoms with Crippen molar-refractivity contribution in [2.75, 3.05) is 26.4 Å². The van der Waals surface area contributed by atoms with Gasteiger partial charge in [0, 0.05) is 13.2 Å². The van der Waals surface area contributed by atoms with E-state index >= 15 is 0 Å². The van der Waals surface area contributed by atoms with Crippen molar-refractivity contribution >= 4 is 0 Å². The largest absolute Gasteiger partial charge is 0.396 e. The summed E-state index contributed by atoms with van der Waals surface area (Å²) in [5.41, 5.74) is 0. The Bertz CT molecular complexity index is 356. The van der Waals surface area contributed by atoms with E-state index in [9.17, 15) is 0 Å². The number of unbranched alkanes of at least 4 members (excludes halogenated alkanes) is 17. The normalized spacial score (nSPS) is 11.6. The standard InChI is InChI=1S/C27H55NO4/c1-2-3-4-5-6-7-8-9-10-11-12-13-14-15-16-17-18-19-20-23-28(31-26-21-24-29)32-27-22-25-30/h20,23,29-30H,2-19,21-22,24-27H2,1H3. The molecular weight excluding hydrogens is 402 g/mol. The Kier molecular flexibility index (Phi) is 27.9. The summed E-state index contributed by atoms with van der Waals surface area (Å²) in [6.45, 7) is 3.33. The van der Waals surface area contributed by atoms with Crippen molar-refractivity contribution in [1.29, 1.82) is 0 Å². The van der Waals surface area contributed by atoms with Crippen LogP contribution in [0.3, 0.4) is 0 Å². The van der Waals surface area contributed by atoms with Crippen LogP contribution in [0.25, 0.3) is 0 Å². The minimum Gasteiger partial charge on any atom is -0.396 e. The van der Waals surface area contributed by atoms with E-state index in [4.69, 9.17) is 19.9 Å². The van der Waals surface area contributed by atoms with Crippen LogP contribution >= 0.6 is 0 Å². The molecule has 0 saturated carbocycles. The van der Waals surface area contributed by atoms with Gasteiger partial charge in [-0.2, -0.15) is 0 Å². The average molecular weight is 458 g/mol. The highest BCUT2D eigenvalue weighted by molar-refractivity contribution is 4.76. The minimum absolute atomic E-state index is 0.105. The Morgan fingerprint density at radius 1 is 0.531 bits per heavy atom. The molecule has 0 heterocycles. The molecule has 2 N–H and O–H groups in total. The Morgan fingerprint density at radius 3 is 1.28 bits per heavy atom. The predicted molar refractivity (Wildman–Crippen MR) is 135 cm³/mol. The molecule has 0 rings (SSSR count). The summed E-state index contributed by atoms with van der Waals surface area (Å²) in [7, 11) is 0. The minimum atomic E-state index is 0.105. The molecule has 0 saturated heterocycles. The van der Waals surface area contributed by atoms with Crippen LogP contribution in [0.4, 0.5) is 0 Å². The lowest BCUT2D eigenvalue weighted by atomic mass is 10.0. The molecule has 192 valence electrons. The lowest BCUT2D eigenvalue weighted by Gasteiger charge is -2.18. The van der Waals surface area contributed by atoms with E-state index < -0.39 is 0 Å². The summed E-state index contributed by atoms with van der Waals surface area (Å²) in [4.78, 5) is 10.9. The molecule has 0 aliphatic carbocycles.